The van der Waals surface area contributed by atoms with Crippen molar-refractivity contribution in [3.05, 3.63) is 42.5 Å². The maximum absolute atomic E-state index is 12.7. The van der Waals surface area contributed by atoms with E-state index < -0.39 is 0 Å². The molecule has 7 heteroatoms. The van der Waals surface area contributed by atoms with Crippen LogP contribution in [0.2, 0.25) is 0 Å². The number of nitrogens with zero attached hydrogens (tertiary/aromatic N) is 4. The average Bonchev–Trinajstić information content (AvgIpc) is 3.14. The third-order valence-corrected chi connectivity index (χ3v) is 4.94. The normalized spacial score (nSPS) is 17.8. The second-order valence-corrected chi connectivity index (χ2v) is 7.48. The van der Waals surface area contributed by atoms with E-state index in [2.05, 4.69) is 29.4 Å². The summed E-state index contributed by atoms with van der Waals surface area (Å²) in [7, 11) is 0. The summed E-state index contributed by atoms with van der Waals surface area (Å²) in [6, 6.07) is 7.37. The van der Waals surface area contributed by atoms with E-state index in [4.69, 9.17) is 0 Å². The number of hydrogen-bond donors (Lipinski definition) is 1. The molecule has 0 saturated carbocycles. The smallest absolute Gasteiger partial charge is 0.251 e. The molecule has 3 rings (SSSR count). The Hall–Kier alpha value is -2.70. The molecule has 1 fully saturated rings. The van der Waals surface area contributed by atoms with Crippen LogP contribution in [0.1, 0.15) is 49.9 Å². The molecule has 0 spiro atoms. The zero-order valence-corrected chi connectivity index (χ0v) is 16.0. The van der Waals surface area contributed by atoms with Crippen LogP contribution in [0.15, 0.2) is 36.9 Å². The highest BCUT2D eigenvalue weighted by Crippen LogP contribution is 2.16. The van der Waals surface area contributed by atoms with Crippen molar-refractivity contribution in [1.29, 1.82) is 0 Å². The van der Waals surface area contributed by atoms with Gasteiger partial charge in [-0.3, -0.25) is 14.2 Å². The summed E-state index contributed by atoms with van der Waals surface area (Å²) in [5, 5.41) is 10.7. The van der Waals surface area contributed by atoms with E-state index in [0.29, 0.717) is 30.9 Å². The quantitative estimate of drug-likeness (QED) is 0.848. The molecule has 1 aromatic carbocycles. The van der Waals surface area contributed by atoms with Crippen LogP contribution in [0.3, 0.4) is 0 Å². The van der Waals surface area contributed by atoms with E-state index in [0.717, 1.165) is 25.1 Å². The lowest BCUT2D eigenvalue weighted by molar-refractivity contribution is -0.130. The minimum atomic E-state index is -0.113. The molecule has 2 amide bonds. The molecule has 1 atom stereocenters. The number of amides is 2. The monoisotopic (exact) mass is 369 g/mol. The Balaban J connectivity index is 1.60. The van der Waals surface area contributed by atoms with E-state index in [1.807, 2.05) is 23.1 Å². The van der Waals surface area contributed by atoms with Gasteiger partial charge in [0.1, 0.15) is 12.7 Å². The SMILES string of the molecule is CC(C)CCN1CCC(NC(=O)c2cccc(-n3cnnc3)c2)CCC1=O. The van der Waals surface area contributed by atoms with Crippen molar-refractivity contribution < 1.29 is 9.59 Å². The van der Waals surface area contributed by atoms with Gasteiger partial charge in [-0.2, -0.15) is 0 Å². The first-order chi connectivity index (χ1) is 13.0. The molecule has 7 nitrogen and oxygen atoms in total. The first-order valence-electron chi connectivity index (χ1n) is 9.56. The number of hydrogen-bond acceptors (Lipinski definition) is 4. The van der Waals surface area contributed by atoms with Crippen LogP contribution < -0.4 is 5.32 Å². The van der Waals surface area contributed by atoms with E-state index in [9.17, 15) is 9.59 Å². The topological polar surface area (TPSA) is 80.1 Å². The molecule has 0 radical (unpaired) electrons. The van der Waals surface area contributed by atoms with E-state index in [1.165, 1.54) is 0 Å². The number of carbonyl (C=O) groups is 2. The molecule has 1 aliphatic heterocycles. The molecule has 2 heterocycles. The van der Waals surface area contributed by atoms with Gasteiger partial charge in [0.2, 0.25) is 5.91 Å². The maximum atomic E-state index is 12.7. The third-order valence-electron chi connectivity index (χ3n) is 4.94. The highest BCUT2D eigenvalue weighted by molar-refractivity contribution is 5.95. The van der Waals surface area contributed by atoms with Crippen molar-refractivity contribution in [1.82, 2.24) is 25.0 Å². The average molecular weight is 369 g/mol. The molecule has 27 heavy (non-hydrogen) atoms. The standard InChI is InChI=1S/C20H27N5O2/c1-15(2)8-10-24-11-9-17(6-7-19(24)26)23-20(27)16-4-3-5-18(12-16)25-13-21-22-14-25/h3-5,12-15,17H,6-11H2,1-2H3,(H,23,27). The second kappa shape index (κ2) is 8.79. The van der Waals surface area contributed by atoms with Crippen molar-refractivity contribution in [2.45, 2.75) is 45.6 Å². The highest BCUT2D eigenvalue weighted by Gasteiger charge is 2.23. The van der Waals surface area contributed by atoms with Gasteiger partial charge >= 0.3 is 0 Å². The van der Waals surface area contributed by atoms with Crippen molar-refractivity contribution in [2.75, 3.05) is 13.1 Å². The van der Waals surface area contributed by atoms with Gasteiger partial charge in [0, 0.05) is 36.8 Å². The van der Waals surface area contributed by atoms with Crippen LogP contribution in [0.25, 0.3) is 5.69 Å². The molecule has 1 saturated heterocycles. The molecule has 1 aliphatic rings. The number of aromatic nitrogens is 3. The Kier molecular flexibility index (Phi) is 6.21. The minimum absolute atomic E-state index is 0.0177. The lowest BCUT2D eigenvalue weighted by Crippen LogP contribution is -2.36. The van der Waals surface area contributed by atoms with Crippen LogP contribution in [0, 0.1) is 5.92 Å². The maximum Gasteiger partial charge on any atom is 0.251 e. The number of nitrogens with one attached hydrogen (secondary N) is 1. The molecule has 144 valence electrons. The number of rotatable bonds is 6. The highest BCUT2D eigenvalue weighted by atomic mass is 16.2. The minimum Gasteiger partial charge on any atom is -0.349 e. The summed E-state index contributed by atoms with van der Waals surface area (Å²) in [5.74, 6) is 0.662. The summed E-state index contributed by atoms with van der Waals surface area (Å²) >= 11 is 0. The zero-order valence-electron chi connectivity index (χ0n) is 16.0. The zero-order chi connectivity index (χ0) is 19.2. The van der Waals surface area contributed by atoms with Crippen LogP contribution in [-0.4, -0.2) is 50.6 Å². The van der Waals surface area contributed by atoms with Gasteiger partial charge in [0.25, 0.3) is 5.91 Å². The molecule has 1 N–H and O–H groups in total. The van der Waals surface area contributed by atoms with Gasteiger partial charge in [0.15, 0.2) is 0 Å². The molecule has 0 aliphatic carbocycles. The number of benzene rings is 1. The van der Waals surface area contributed by atoms with Gasteiger partial charge in [-0.25, -0.2) is 0 Å². The fourth-order valence-electron chi connectivity index (χ4n) is 3.24. The van der Waals surface area contributed by atoms with E-state index >= 15 is 0 Å². The Bertz CT molecular complexity index is 772. The Morgan fingerprint density at radius 2 is 2.04 bits per heavy atom. The molecular weight excluding hydrogens is 342 g/mol. The summed E-state index contributed by atoms with van der Waals surface area (Å²) < 4.78 is 1.76. The second-order valence-electron chi connectivity index (χ2n) is 7.48. The van der Waals surface area contributed by atoms with E-state index in [-0.39, 0.29) is 17.9 Å². The fraction of sp³-hybridized carbons (Fsp3) is 0.500. The Labute approximate surface area is 159 Å². The Morgan fingerprint density at radius 1 is 1.26 bits per heavy atom. The van der Waals surface area contributed by atoms with Crippen molar-refractivity contribution in [3.63, 3.8) is 0 Å². The van der Waals surface area contributed by atoms with E-state index in [1.54, 1.807) is 23.3 Å². The summed E-state index contributed by atoms with van der Waals surface area (Å²) in [5.41, 5.74) is 1.43. The molecule has 1 unspecified atom stereocenters. The first-order valence-corrected chi connectivity index (χ1v) is 9.56. The lowest BCUT2D eigenvalue weighted by Gasteiger charge is -2.22. The van der Waals surface area contributed by atoms with Crippen LogP contribution >= 0.6 is 0 Å². The first kappa shape index (κ1) is 19.1. The van der Waals surface area contributed by atoms with Crippen molar-refractivity contribution in [3.8, 4) is 5.69 Å². The van der Waals surface area contributed by atoms with Crippen LogP contribution in [0.5, 0.6) is 0 Å². The molecule has 1 aromatic heterocycles. The van der Waals surface area contributed by atoms with Gasteiger partial charge in [-0.05, 0) is 43.4 Å². The van der Waals surface area contributed by atoms with Crippen molar-refractivity contribution in [2.24, 2.45) is 5.92 Å². The largest absolute Gasteiger partial charge is 0.349 e. The van der Waals surface area contributed by atoms with Gasteiger partial charge in [0.05, 0.1) is 0 Å². The predicted octanol–water partition coefficient (Wildman–Crippen LogP) is 2.42. The third kappa shape index (κ3) is 5.15. The number of likely N-dealkylation sites (tertiary alicyclic amines) is 1. The molecule has 2 aromatic rings. The summed E-state index contributed by atoms with van der Waals surface area (Å²) in [6.45, 7) is 5.84. The predicted molar refractivity (Wildman–Crippen MR) is 102 cm³/mol. The van der Waals surface area contributed by atoms with Crippen molar-refractivity contribution >= 4 is 11.8 Å². The molecule has 0 bridgehead atoms. The molecular formula is C20H27N5O2. The summed E-state index contributed by atoms with van der Waals surface area (Å²) in [4.78, 5) is 26.9. The fourth-order valence-corrected chi connectivity index (χ4v) is 3.24. The Morgan fingerprint density at radius 3 is 2.78 bits per heavy atom. The van der Waals surface area contributed by atoms with Gasteiger partial charge in [-0.1, -0.05) is 19.9 Å². The summed E-state index contributed by atoms with van der Waals surface area (Å²) in [6.07, 6.45) is 6.18. The van der Waals surface area contributed by atoms with Crippen LogP contribution in [0.4, 0.5) is 0 Å². The van der Waals surface area contributed by atoms with Gasteiger partial charge in [-0.15, -0.1) is 10.2 Å². The van der Waals surface area contributed by atoms with Gasteiger partial charge < -0.3 is 10.2 Å². The van der Waals surface area contributed by atoms with Crippen LogP contribution in [-0.2, 0) is 4.79 Å². The lowest BCUT2D eigenvalue weighted by atomic mass is 10.1. The number of carbonyl (C=O) groups excluding carboxylic acids is 2.